The first-order chi connectivity index (χ1) is 16.3. The van der Waals surface area contributed by atoms with Gasteiger partial charge in [-0.15, -0.1) is 0 Å². The molecule has 1 aliphatic heterocycles. The van der Waals surface area contributed by atoms with Gasteiger partial charge in [0.2, 0.25) is 0 Å². The monoisotopic (exact) mass is 503 g/mol. The highest BCUT2D eigenvalue weighted by molar-refractivity contribution is 7.92. The quantitative estimate of drug-likeness (QED) is 0.377. The lowest BCUT2D eigenvalue weighted by molar-refractivity contribution is 0.0622. The van der Waals surface area contributed by atoms with Crippen molar-refractivity contribution in [1.29, 1.82) is 0 Å². The molecule has 2 heterocycles. The molecule has 3 N–H and O–H groups in total. The Morgan fingerprint density at radius 2 is 1.88 bits per heavy atom. The summed E-state index contributed by atoms with van der Waals surface area (Å²) in [5, 5.41) is 13.8. The van der Waals surface area contributed by atoms with Crippen LogP contribution in [0.2, 0.25) is 0 Å². The van der Waals surface area contributed by atoms with E-state index in [9.17, 15) is 13.5 Å². The van der Waals surface area contributed by atoms with Crippen LogP contribution in [0, 0.1) is 12.8 Å². The molecule has 1 aromatic heterocycles. The molecule has 0 spiro atoms. The number of aryl methyl sites for hydroxylation is 1. The molecule has 1 unspecified atom stereocenters. The van der Waals surface area contributed by atoms with E-state index in [1.54, 1.807) is 12.1 Å². The van der Waals surface area contributed by atoms with Gasteiger partial charge in [-0.1, -0.05) is 11.3 Å². The van der Waals surface area contributed by atoms with Crippen molar-refractivity contribution in [2.24, 2.45) is 5.92 Å². The van der Waals surface area contributed by atoms with E-state index in [1.165, 1.54) is 42.7 Å². The van der Waals surface area contributed by atoms with Crippen LogP contribution in [0.4, 0.5) is 10.8 Å². The van der Waals surface area contributed by atoms with Crippen molar-refractivity contribution >= 4 is 32.2 Å². The predicted molar refractivity (Wildman–Crippen MR) is 134 cm³/mol. The summed E-state index contributed by atoms with van der Waals surface area (Å²) in [5.74, 6) is 0.826. The summed E-state index contributed by atoms with van der Waals surface area (Å²) < 4.78 is 39.7. The maximum Gasteiger partial charge on any atom is 0.265 e. The number of sulfonamides is 1. The average Bonchev–Trinajstić information content (AvgIpc) is 3.20. The van der Waals surface area contributed by atoms with Crippen LogP contribution < -0.4 is 14.8 Å². The van der Waals surface area contributed by atoms with Crippen molar-refractivity contribution in [2.75, 3.05) is 30.4 Å². The standard InChI is InChI=1S/C24H29N3O5S2/c1-15(17-10-12-32-13-11-17)25-24-26-16(2)23(33-24)18-4-9-21(31-3)22(14-18)34(29,30)27-19-5-7-20(28)8-6-19/h4-9,14-15,17,27-28H,10-13H2,1-3H3,(H,25,26). The summed E-state index contributed by atoms with van der Waals surface area (Å²) >= 11 is 1.51. The minimum absolute atomic E-state index is 0.0263. The van der Waals surface area contributed by atoms with Crippen molar-refractivity contribution in [1.82, 2.24) is 4.98 Å². The van der Waals surface area contributed by atoms with E-state index in [1.807, 2.05) is 13.0 Å². The highest BCUT2D eigenvalue weighted by Gasteiger charge is 2.24. The predicted octanol–water partition coefficient (Wildman–Crippen LogP) is 4.86. The van der Waals surface area contributed by atoms with Crippen LogP contribution in [0.3, 0.4) is 0 Å². The first-order valence-electron chi connectivity index (χ1n) is 11.1. The molecule has 2 aromatic carbocycles. The molecule has 0 amide bonds. The van der Waals surface area contributed by atoms with Gasteiger partial charge in [-0.05, 0) is 80.6 Å². The number of nitrogens with one attached hydrogen (secondary N) is 2. The Kier molecular flexibility index (Phi) is 7.30. The van der Waals surface area contributed by atoms with Gasteiger partial charge < -0.3 is 19.9 Å². The summed E-state index contributed by atoms with van der Waals surface area (Å²) in [6, 6.07) is 11.2. The average molecular weight is 504 g/mol. The van der Waals surface area contributed by atoms with Gasteiger partial charge in [0.1, 0.15) is 16.4 Å². The van der Waals surface area contributed by atoms with E-state index in [-0.39, 0.29) is 22.4 Å². The Morgan fingerprint density at radius 1 is 1.18 bits per heavy atom. The fourth-order valence-electron chi connectivity index (χ4n) is 4.02. The maximum atomic E-state index is 13.2. The Labute approximate surface area is 204 Å². The summed E-state index contributed by atoms with van der Waals surface area (Å²) in [5.41, 5.74) is 1.91. The number of hydrogen-bond acceptors (Lipinski definition) is 8. The number of phenols is 1. The zero-order valence-electron chi connectivity index (χ0n) is 19.4. The second-order valence-electron chi connectivity index (χ2n) is 8.33. The fraction of sp³-hybridized carbons (Fsp3) is 0.375. The highest BCUT2D eigenvalue weighted by Crippen LogP contribution is 2.37. The number of phenolic OH excluding ortho intramolecular Hbond substituents is 1. The third-order valence-corrected chi connectivity index (χ3v) is 8.50. The number of thiazole rings is 1. The first-order valence-corrected chi connectivity index (χ1v) is 13.4. The lowest BCUT2D eigenvalue weighted by Crippen LogP contribution is -2.30. The molecule has 1 saturated heterocycles. The molecule has 0 bridgehead atoms. The molecule has 182 valence electrons. The minimum atomic E-state index is -3.94. The van der Waals surface area contributed by atoms with Gasteiger partial charge in [0.15, 0.2) is 5.13 Å². The van der Waals surface area contributed by atoms with Crippen LogP contribution in [-0.4, -0.2) is 44.9 Å². The van der Waals surface area contributed by atoms with Gasteiger partial charge >= 0.3 is 0 Å². The Hall–Kier alpha value is -2.82. The van der Waals surface area contributed by atoms with Gasteiger partial charge in [-0.2, -0.15) is 0 Å². The number of methoxy groups -OCH3 is 1. The fourth-order valence-corrected chi connectivity index (χ4v) is 6.34. The molecule has 10 heteroatoms. The van der Waals surface area contributed by atoms with Gasteiger partial charge in [-0.3, -0.25) is 4.72 Å². The lowest BCUT2D eigenvalue weighted by Gasteiger charge is -2.28. The molecule has 34 heavy (non-hydrogen) atoms. The second kappa shape index (κ2) is 10.2. The van der Waals surface area contributed by atoms with E-state index in [2.05, 4.69) is 21.9 Å². The highest BCUT2D eigenvalue weighted by atomic mass is 32.2. The molecule has 3 aromatic rings. The molecule has 0 saturated carbocycles. The Morgan fingerprint density at radius 3 is 2.56 bits per heavy atom. The summed E-state index contributed by atoms with van der Waals surface area (Å²) in [4.78, 5) is 5.61. The van der Waals surface area contributed by atoms with Gasteiger partial charge in [0.05, 0.1) is 17.7 Å². The molecule has 0 radical (unpaired) electrons. The van der Waals surface area contributed by atoms with Crippen LogP contribution in [0.25, 0.3) is 10.4 Å². The molecule has 0 aliphatic carbocycles. The number of hydrogen-bond donors (Lipinski definition) is 3. The number of aromatic nitrogens is 1. The Bertz CT molecular complexity index is 1240. The van der Waals surface area contributed by atoms with Crippen molar-refractivity contribution in [3.8, 4) is 21.9 Å². The number of ether oxygens (including phenoxy) is 2. The smallest absolute Gasteiger partial charge is 0.265 e. The largest absolute Gasteiger partial charge is 0.508 e. The number of nitrogens with zero attached hydrogens (tertiary/aromatic N) is 1. The van der Waals surface area contributed by atoms with Crippen LogP contribution in [0.1, 0.15) is 25.5 Å². The topological polar surface area (TPSA) is 110 Å². The van der Waals surface area contributed by atoms with E-state index in [4.69, 9.17) is 9.47 Å². The SMILES string of the molecule is COc1ccc(-c2sc(NC(C)C3CCOCC3)nc2C)cc1S(=O)(=O)Nc1ccc(O)cc1. The maximum absolute atomic E-state index is 13.2. The summed E-state index contributed by atoms with van der Waals surface area (Å²) in [6.45, 7) is 5.67. The van der Waals surface area contributed by atoms with Crippen LogP contribution in [-0.2, 0) is 14.8 Å². The first kappa shape index (κ1) is 24.3. The van der Waals surface area contributed by atoms with Gasteiger partial charge in [0, 0.05) is 24.9 Å². The third-order valence-electron chi connectivity index (χ3n) is 5.96. The number of aromatic hydroxyl groups is 1. The van der Waals surface area contributed by atoms with E-state index in [0.717, 1.165) is 47.3 Å². The molecule has 1 atom stereocenters. The van der Waals surface area contributed by atoms with Crippen LogP contribution in [0.15, 0.2) is 47.4 Å². The number of benzene rings is 2. The van der Waals surface area contributed by atoms with Crippen molar-refractivity contribution in [3.05, 3.63) is 48.2 Å². The van der Waals surface area contributed by atoms with Gasteiger partial charge in [-0.25, -0.2) is 13.4 Å². The molecular formula is C24H29N3O5S2. The van der Waals surface area contributed by atoms with E-state index >= 15 is 0 Å². The summed E-state index contributed by atoms with van der Waals surface area (Å²) in [7, 11) is -2.50. The van der Waals surface area contributed by atoms with Crippen molar-refractivity contribution in [2.45, 2.75) is 37.6 Å². The molecule has 1 fully saturated rings. The summed E-state index contributed by atoms with van der Waals surface area (Å²) in [6.07, 6.45) is 2.05. The molecule has 1 aliphatic rings. The Balaban J connectivity index is 1.60. The zero-order valence-corrected chi connectivity index (χ0v) is 21.0. The van der Waals surface area contributed by atoms with Crippen molar-refractivity contribution in [3.63, 3.8) is 0 Å². The molecule has 4 rings (SSSR count). The van der Waals surface area contributed by atoms with E-state index in [0.29, 0.717) is 11.6 Å². The van der Waals surface area contributed by atoms with Gasteiger partial charge in [0.25, 0.3) is 10.0 Å². The van der Waals surface area contributed by atoms with Crippen LogP contribution in [0.5, 0.6) is 11.5 Å². The zero-order chi connectivity index (χ0) is 24.3. The van der Waals surface area contributed by atoms with Crippen LogP contribution >= 0.6 is 11.3 Å². The van der Waals surface area contributed by atoms with E-state index < -0.39 is 10.0 Å². The normalized spacial score (nSPS) is 15.6. The lowest BCUT2D eigenvalue weighted by atomic mass is 9.93. The van der Waals surface area contributed by atoms with Crippen molar-refractivity contribution < 1.29 is 23.0 Å². The molecular weight excluding hydrogens is 474 g/mol. The number of rotatable bonds is 8. The molecule has 8 nitrogen and oxygen atoms in total. The second-order valence-corrected chi connectivity index (χ2v) is 11.0. The third kappa shape index (κ3) is 5.45. The minimum Gasteiger partial charge on any atom is -0.508 e. The number of anilines is 2.